The maximum absolute atomic E-state index is 12.3. The van der Waals surface area contributed by atoms with E-state index in [4.69, 9.17) is 13.7 Å². The van der Waals surface area contributed by atoms with E-state index < -0.39 is 6.04 Å². The Bertz CT molecular complexity index is 897. The lowest BCUT2D eigenvalue weighted by Gasteiger charge is -2.08. The maximum Gasteiger partial charge on any atom is 0.255 e. The summed E-state index contributed by atoms with van der Waals surface area (Å²) in [6.45, 7) is 5.33. The Morgan fingerprint density at radius 3 is 2.76 bits per heavy atom. The zero-order valence-electron chi connectivity index (χ0n) is 14.5. The molecule has 0 radical (unpaired) electrons. The minimum atomic E-state index is -0.436. The molecule has 0 aliphatic heterocycles. The number of aryl methyl sites for hydroxylation is 2. The first-order chi connectivity index (χ1) is 12.0. The van der Waals surface area contributed by atoms with Crippen LogP contribution in [0, 0.1) is 13.8 Å². The fourth-order valence-electron chi connectivity index (χ4n) is 2.48. The smallest absolute Gasteiger partial charge is 0.255 e. The van der Waals surface area contributed by atoms with Crippen LogP contribution in [-0.4, -0.2) is 23.2 Å². The Morgan fingerprint density at radius 1 is 1.28 bits per heavy atom. The van der Waals surface area contributed by atoms with Gasteiger partial charge in [-0.3, -0.25) is 4.79 Å². The van der Waals surface area contributed by atoms with Crippen molar-refractivity contribution in [2.45, 2.75) is 26.8 Å². The summed E-state index contributed by atoms with van der Waals surface area (Å²) in [6.07, 6.45) is 0. The third-order valence-electron chi connectivity index (χ3n) is 3.77. The highest BCUT2D eigenvalue weighted by Gasteiger charge is 2.20. The van der Waals surface area contributed by atoms with Gasteiger partial charge >= 0.3 is 0 Å². The highest BCUT2D eigenvalue weighted by molar-refractivity contribution is 5.95. The second-order valence-corrected chi connectivity index (χ2v) is 5.71. The van der Waals surface area contributed by atoms with E-state index >= 15 is 0 Å². The molecule has 3 rings (SSSR count). The highest BCUT2D eigenvalue weighted by Crippen LogP contribution is 2.23. The van der Waals surface area contributed by atoms with Crippen molar-refractivity contribution in [1.29, 1.82) is 0 Å². The summed E-state index contributed by atoms with van der Waals surface area (Å²) in [5.41, 5.74) is 1.27. The van der Waals surface area contributed by atoms with E-state index in [0.717, 1.165) is 5.56 Å². The summed E-state index contributed by atoms with van der Waals surface area (Å²) in [7, 11) is 1.60. The van der Waals surface area contributed by atoms with Crippen LogP contribution in [0.1, 0.15) is 40.7 Å². The lowest BCUT2D eigenvalue weighted by atomic mass is 10.2. The Hall–Kier alpha value is -3.09. The maximum atomic E-state index is 12.3. The number of aromatic nitrogens is 2. The molecule has 3 aromatic rings. The third kappa shape index (κ3) is 3.55. The molecule has 1 amide bonds. The SMILES string of the molecule is COc1cccc(-c2noc([C@@H](C)NC(=O)c3cc(C)oc3C)n2)c1. The van der Waals surface area contributed by atoms with Crippen LogP contribution in [-0.2, 0) is 0 Å². The van der Waals surface area contributed by atoms with E-state index in [1.54, 1.807) is 33.9 Å². The number of methoxy groups -OCH3 is 1. The van der Waals surface area contributed by atoms with Gasteiger partial charge in [0.1, 0.15) is 23.3 Å². The molecule has 1 aromatic carbocycles. The molecule has 25 heavy (non-hydrogen) atoms. The third-order valence-corrected chi connectivity index (χ3v) is 3.77. The first-order valence-corrected chi connectivity index (χ1v) is 7.84. The molecular formula is C18H19N3O4. The summed E-state index contributed by atoms with van der Waals surface area (Å²) in [5, 5.41) is 6.81. The Kier molecular flexibility index (Phi) is 4.56. The monoisotopic (exact) mass is 341 g/mol. The fraction of sp³-hybridized carbons (Fsp3) is 0.278. The fourth-order valence-corrected chi connectivity index (χ4v) is 2.48. The van der Waals surface area contributed by atoms with Crippen molar-refractivity contribution in [3.63, 3.8) is 0 Å². The number of furan rings is 1. The van der Waals surface area contributed by atoms with Gasteiger partial charge in [0.2, 0.25) is 11.7 Å². The van der Waals surface area contributed by atoms with Crippen LogP contribution < -0.4 is 10.1 Å². The second-order valence-electron chi connectivity index (χ2n) is 5.71. The molecule has 0 saturated carbocycles. The van der Waals surface area contributed by atoms with Crippen LogP contribution in [0.3, 0.4) is 0 Å². The first kappa shape index (κ1) is 16.8. The van der Waals surface area contributed by atoms with Crippen LogP contribution in [0.2, 0.25) is 0 Å². The molecule has 0 spiro atoms. The Morgan fingerprint density at radius 2 is 2.08 bits per heavy atom. The van der Waals surface area contributed by atoms with Crippen molar-refractivity contribution < 1.29 is 18.5 Å². The molecule has 1 N–H and O–H groups in total. The van der Waals surface area contributed by atoms with Crippen molar-refractivity contribution in [3.8, 4) is 17.1 Å². The van der Waals surface area contributed by atoms with Crippen LogP contribution in [0.4, 0.5) is 0 Å². The number of nitrogens with zero attached hydrogens (tertiary/aromatic N) is 2. The number of ether oxygens (including phenoxy) is 1. The normalized spacial score (nSPS) is 12.0. The number of hydrogen-bond donors (Lipinski definition) is 1. The summed E-state index contributed by atoms with van der Waals surface area (Å²) in [6, 6.07) is 8.62. The van der Waals surface area contributed by atoms with Gasteiger partial charge in [-0.1, -0.05) is 17.3 Å². The lowest BCUT2D eigenvalue weighted by Crippen LogP contribution is -2.27. The average Bonchev–Trinajstić information content (AvgIpc) is 3.21. The van der Waals surface area contributed by atoms with Crippen LogP contribution in [0.25, 0.3) is 11.4 Å². The van der Waals surface area contributed by atoms with Gasteiger partial charge in [0, 0.05) is 5.56 Å². The summed E-state index contributed by atoms with van der Waals surface area (Å²) in [4.78, 5) is 16.7. The van der Waals surface area contributed by atoms with E-state index in [-0.39, 0.29) is 5.91 Å². The van der Waals surface area contributed by atoms with Crippen molar-refractivity contribution >= 4 is 5.91 Å². The number of carbonyl (C=O) groups is 1. The average molecular weight is 341 g/mol. The van der Waals surface area contributed by atoms with Gasteiger partial charge < -0.3 is 19.0 Å². The molecule has 7 heteroatoms. The second kappa shape index (κ2) is 6.80. The number of hydrogen-bond acceptors (Lipinski definition) is 6. The summed E-state index contributed by atoms with van der Waals surface area (Å²) < 4.78 is 15.9. The molecule has 1 atom stereocenters. The molecule has 0 fully saturated rings. The van der Waals surface area contributed by atoms with Crippen LogP contribution in [0.5, 0.6) is 5.75 Å². The molecule has 0 bridgehead atoms. The van der Waals surface area contributed by atoms with E-state index in [1.165, 1.54) is 0 Å². The van der Waals surface area contributed by atoms with Gasteiger partial charge in [0.15, 0.2) is 0 Å². The van der Waals surface area contributed by atoms with Crippen molar-refractivity contribution in [2.24, 2.45) is 0 Å². The molecule has 0 saturated heterocycles. The van der Waals surface area contributed by atoms with E-state index in [2.05, 4.69) is 15.5 Å². The molecular weight excluding hydrogens is 322 g/mol. The lowest BCUT2D eigenvalue weighted by molar-refractivity contribution is 0.0931. The van der Waals surface area contributed by atoms with Crippen molar-refractivity contribution in [3.05, 3.63) is 53.3 Å². The summed E-state index contributed by atoms with van der Waals surface area (Å²) in [5.74, 6) is 2.48. The molecule has 0 unspecified atom stereocenters. The van der Waals surface area contributed by atoms with Gasteiger partial charge in [-0.05, 0) is 39.0 Å². The highest BCUT2D eigenvalue weighted by atomic mass is 16.5. The quantitative estimate of drug-likeness (QED) is 0.764. The van der Waals surface area contributed by atoms with Gasteiger partial charge in [-0.25, -0.2) is 0 Å². The van der Waals surface area contributed by atoms with E-state index in [0.29, 0.717) is 34.5 Å². The minimum Gasteiger partial charge on any atom is -0.497 e. The molecule has 0 aliphatic carbocycles. The number of benzene rings is 1. The zero-order chi connectivity index (χ0) is 18.0. The molecule has 2 aromatic heterocycles. The summed E-state index contributed by atoms with van der Waals surface area (Å²) >= 11 is 0. The number of rotatable bonds is 5. The largest absolute Gasteiger partial charge is 0.497 e. The zero-order valence-corrected chi connectivity index (χ0v) is 14.5. The van der Waals surface area contributed by atoms with Gasteiger partial charge in [-0.15, -0.1) is 0 Å². The van der Waals surface area contributed by atoms with E-state index in [9.17, 15) is 4.79 Å². The molecule has 7 nitrogen and oxygen atoms in total. The molecule has 130 valence electrons. The van der Waals surface area contributed by atoms with Crippen molar-refractivity contribution in [2.75, 3.05) is 7.11 Å². The predicted octanol–water partition coefficient (Wildman–Crippen LogP) is 3.45. The predicted molar refractivity (Wildman–Crippen MR) is 90.3 cm³/mol. The molecule has 0 aliphatic rings. The molecule has 2 heterocycles. The Labute approximate surface area is 145 Å². The Balaban J connectivity index is 1.75. The minimum absolute atomic E-state index is 0.247. The van der Waals surface area contributed by atoms with Gasteiger partial charge in [0.05, 0.1) is 12.7 Å². The first-order valence-electron chi connectivity index (χ1n) is 7.84. The topological polar surface area (TPSA) is 90.4 Å². The van der Waals surface area contributed by atoms with Gasteiger partial charge in [-0.2, -0.15) is 4.98 Å². The number of nitrogens with one attached hydrogen (secondary N) is 1. The number of amides is 1. The van der Waals surface area contributed by atoms with Gasteiger partial charge in [0.25, 0.3) is 5.91 Å². The standard InChI is InChI=1S/C18H19N3O4/c1-10-8-15(12(3)24-10)17(22)19-11(2)18-20-16(21-25-18)13-6-5-7-14(9-13)23-4/h5-9,11H,1-4H3,(H,19,22)/t11-/m1/s1. The van der Waals surface area contributed by atoms with Crippen LogP contribution in [0.15, 0.2) is 39.3 Å². The number of carbonyl (C=O) groups excluding carboxylic acids is 1. The van der Waals surface area contributed by atoms with Crippen LogP contribution >= 0.6 is 0 Å². The van der Waals surface area contributed by atoms with E-state index in [1.807, 2.05) is 24.3 Å². The van der Waals surface area contributed by atoms with Crippen molar-refractivity contribution in [1.82, 2.24) is 15.5 Å².